The number of carbonyl (C=O) groups is 2. The molecule has 1 fully saturated rings. The Morgan fingerprint density at radius 1 is 1.26 bits per heavy atom. The van der Waals surface area contributed by atoms with Gasteiger partial charge in [0, 0.05) is 32.9 Å². The smallest absolute Gasteiger partial charge is 0.219 e. The van der Waals surface area contributed by atoms with E-state index in [-0.39, 0.29) is 24.3 Å². The van der Waals surface area contributed by atoms with Gasteiger partial charge in [0.05, 0.1) is 5.56 Å². The van der Waals surface area contributed by atoms with Crippen LogP contribution in [-0.4, -0.2) is 40.4 Å². The van der Waals surface area contributed by atoms with Gasteiger partial charge in [0.2, 0.25) is 5.91 Å². The molecule has 2 rings (SSSR count). The highest BCUT2D eigenvalue weighted by atomic mass is 19.1. The molecular weight excluding hydrogens is 249 g/mol. The number of benzene rings is 1. The van der Waals surface area contributed by atoms with Crippen molar-refractivity contribution in [1.82, 2.24) is 4.90 Å². The fourth-order valence-corrected chi connectivity index (χ4v) is 2.31. The van der Waals surface area contributed by atoms with Gasteiger partial charge in [0.25, 0.3) is 0 Å². The predicted octanol–water partition coefficient (Wildman–Crippen LogP) is 1.38. The van der Waals surface area contributed by atoms with Crippen LogP contribution in [-0.2, 0) is 4.79 Å². The summed E-state index contributed by atoms with van der Waals surface area (Å²) >= 11 is 0. The van der Waals surface area contributed by atoms with Crippen LogP contribution in [0.4, 0.5) is 4.39 Å². The lowest BCUT2D eigenvalue weighted by Gasteiger charge is -2.36. The summed E-state index contributed by atoms with van der Waals surface area (Å²) in [5, 5.41) is 10.4. The van der Waals surface area contributed by atoms with E-state index in [2.05, 4.69) is 0 Å². The van der Waals surface area contributed by atoms with E-state index in [1.807, 2.05) is 0 Å². The quantitative estimate of drug-likeness (QED) is 0.822. The lowest BCUT2D eigenvalue weighted by atomic mass is 9.84. The Bertz CT molecular complexity index is 507. The van der Waals surface area contributed by atoms with E-state index in [0.29, 0.717) is 13.1 Å². The normalized spacial score (nSPS) is 18.2. The molecule has 102 valence electrons. The maximum absolute atomic E-state index is 13.6. The van der Waals surface area contributed by atoms with Crippen LogP contribution in [0.5, 0.6) is 0 Å². The summed E-state index contributed by atoms with van der Waals surface area (Å²) in [5.74, 6) is -1.32. The fourth-order valence-electron chi connectivity index (χ4n) is 2.31. The fraction of sp³-hybridized carbons (Fsp3) is 0.429. The van der Waals surface area contributed by atoms with Crippen molar-refractivity contribution in [3.05, 3.63) is 35.6 Å². The highest BCUT2D eigenvalue weighted by Gasteiger charge is 2.41. The molecule has 1 heterocycles. The molecule has 0 bridgehead atoms. The van der Waals surface area contributed by atoms with Gasteiger partial charge in [-0.1, -0.05) is 12.1 Å². The second-order valence-corrected chi connectivity index (χ2v) is 4.85. The summed E-state index contributed by atoms with van der Waals surface area (Å²) in [7, 11) is 0. The molecule has 0 spiro atoms. The second kappa shape index (κ2) is 5.09. The van der Waals surface area contributed by atoms with Gasteiger partial charge in [0.15, 0.2) is 5.78 Å². The number of aliphatic hydroxyl groups is 1. The van der Waals surface area contributed by atoms with E-state index in [1.54, 1.807) is 11.0 Å². The van der Waals surface area contributed by atoms with Crippen LogP contribution in [0.25, 0.3) is 0 Å². The number of Topliss-reactive ketones (excluding diaryl/α,β-unsaturated/α-hetero) is 1. The van der Waals surface area contributed by atoms with E-state index >= 15 is 0 Å². The molecule has 1 aliphatic rings. The van der Waals surface area contributed by atoms with Gasteiger partial charge in [-0.05, 0) is 12.1 Å². The van der Waals surface area contributed by atoms with E-state index in [4.69, 9.17) is 0 Å². The maximum Gasteiger partial charge on any atom is 0.219 e. The molecule has 0 unspecified atom stereocenters. The minimum Gasteiger partial charge on any atom is -0.382 e. The molecule has 1 aromatic rings. The number of nitrogens with zero attached hydrogens (tertiary/aromatic N) is 1. The molecule has 1 amide bonds. The number of amides is 1. The zero-order valence-electron chi connectivity index (χ0n) is 10.7. The van der Waals surface area contributed by atoms with Crippen molar-refractivity contribution in [3.8, 4) is 0 Å². The van der Waals surface area contributed by atoms with Crippen molar-refractivity contribution in [2.75, 3.05) is 13.1 Å². The monoisotopic (exact) mass is 265 g/mol. The molecular formula is C14H16FNO3. The highest BCUT2D eigenvalue weighted by molar-refractivity contribution is 6.02. The average molecular weight is 265 g/mol. The van der Waals surface area contributed by atoms with E-state index in [0.717, 1.165) is 0 Å². The molecule has 1 aliphatic heterocycles. The van der Waals surface area contributed by atoms with Gasteiger partial charge in [-0.15, -0.1) is 0 Å². The van der Waals surface area contributed by atoms with Crippen molar-refractivity contribution in [1.29, 1.82) is 0 Å². The topological polar surface area (TPSA) is 57.6 Å². The summed E-state index contributed by atoms with van der Waals surface area (Å²) in [6.45, 7) is 2.07. The Morgan fingerprint density at radius 3 is 2.37 bits per heavy atom. The van der Waals surface area contributed by atoms with E-state index in [1.165, 1.54) is 25.1 Å². The molecule has 0 saturated carbocycles. The minimum atomic E-state index is -1.58. The van der Waals surface area contributed by atoms with E-state index < -0.39 is 17.2 Å². The first-order chi connectivity index (χ1) is 8.94. The number of ketones is 1. The lowest BCUT2D eigenvalue weighted by molar-refractivity contribution is -0.132. The van der Waals surface area contributed by atoms with Crippen LogP contribution in [0.3, 0.4) is 0 Å². The van der Waals surface area contributed by atoms with Crippen molar-refractivity contribution in [2.45, 2.75) is 25.4 Å². The second-order valence-electron chi connectivity index (χ2n) is 4.85. The van der Waals surface area contributed by atoms with Gasteiger partial charge in [-0.2, -0.15) is 0 Å². The summed E-state index contributed by atoms with van der Waals surface area (Å²) in [6, 6.07) is 5.62. The first kappa shape index (κ1) is 13.7. The molecule has 19 heavy (non-hydrogen) atoms. The molecule has 4 nitrogen and oxygen atoms in total. The Hall–Kier alpha value is -1.75. The zero-order chi connectivity index (χ0) is 14.0. The molecule has 1 aromatic carbocycles. The number of carbonyl (C=O) groups excluding carboxylic acids is 2. The highest BCUT2D eigenvalue weighted by Crippen LogP contribution is 2.27. The summed E-state index contributed by atoms with van der Waals surface area (Å²) in [6.07, 6.45) is 0.277. The van der Waals surface area contributed by atoms with Crippen LogP contribution in [0.2, 0.25) is 0 Å². The minimum absolute atomic E-state index is 0.0830. The summed E-state index contributed by atoms with van der Waals surface area (Å²) < 4.78 is 13.6. The first-order valence-electron chi connectivity index (χ1n) is 6.21. The van der Waals surface area contributed by atoms with Crippen LogP contribution in [0, 0.1) is 5.82 Å². The Labute approximate surface area is 110 Å². The number of rotatable bonds is 2. The standard InChI is InChI=1S/C14H16FNO3/c1-10(17)16-8-6-14(19,7-9-16)13(18)11-4-2-3-5-12(11)15/h2-5,19H,6-9H2,1H3. The average Bonchev–Trinajstić information content (AvgIpc) is 2.39. The number of halogens is 1. The molecule has 1 N–H and O–H groups in total. The molecule has 0 radical (unpaired) electrons. The third kappa shape index (κ3) is 2.66. The van der Waals surface area contributed by atoms with Gasteiger partial charge < -0.3 is 10.0 Å². The molecule has 1 saturated heterocycles. The van der Waals surface area contributed by atoms with Crippen LogP contribution < -0.4 is 0 Å². The number of piperidine rings is 1. The third-order valence-corrected chi connectivity index (χ3v) is 3.58. The van der Waals surface area contributed by atoms with E-state index in [9.17, 15) is 19.1 Å². The zero-order valence-corrected chi connectivity index (χ0v) is 10.7. The maximum atomic E-state index is 13.6. The van der Waals surface area contributed by atoms with Gasteiger partial charge in [-0.25, -0.2) is 4.39 Å². The van der Waals surface area contributed by atoms with Crippen molar-refractivity contribution in [3.63, 3.8) is 0 Å². The molecule has 0 aromatic heterocycles. The Balaban J connectivity index is 2.16. The van der Waals surface area contributed by atoms with Crippen LogP contribution >= 0.6 is 0 Å². The predicted molar refractivity (Wildman–Crippen MR) is 67.2 cm³/mol. The molecule has 0 aliphatic carbocycles. The Morgan fingerprint density at radius 2 is 1.84 bits per heavy atom. The van der Waals surface area contributed by atoms with Crippen molar-refractivity contribution < 1.29 is 19.1 Å². The summed E-state index contributed by atoms with van der Waals surface area (Å²) in [5.41, 5.74) is -1.67. The third-order valence-electron chi connectivity index (χ3n) is 3.58. The van der Waals surface area contributed by atoms with Crippen molar-refractivity contribution >= 4 is 11.7 Å². The Kier molecular flexibility index (Phi) is 3.66. The van der Waals surface area contributed by atoms with Crippen LogP contribution in [0.1, 0.15) is 30.1 Å². The first-order valence-corrected chi connectivity index (χ1v) is 6.21. The van der Waals surface area contributed by atoms with Gasteiger partial charge in [-0.3, -0.25) is 9.59 Å². The number of hydrogen-bond acceptors (Lipinski definition) is 3. The largest absolute Gasteiger partial charge is 0.382 e. The molecule has 0 atom stereocenters. The van der Waals surface area contributed by atoms with Gasteiger partial charge in [0.1, 0.15) is 11.4 Å². The van der Waals surface area contributed by atoms with Crippen molar-refractivity contribution in [2.24, 2.45) is 0 Å². The summed E-state index contributed by atoms with van der Waals surface area (Å²) in [4.78, 5) is 25.0. The lowest BCUT2D eigenvalue weighted by Crippen LogP contribution is -2.50. The number of hydrogen-bond donors (Lipinski definition) is 1. The van der Waals surface area contributed by atoms with Gasteiger partial charge >= 0.3 is 0 Å². The number of likely N-dealkylation sites (tertiary alicyclic amines) is 1. The SMILES string of the molecule is CC(=O)N1CCC(O)(C(=O)c2ccccc2F)CC1. The van der Waals surface area contributed by atoms with Crippen LogP contribution in [0.15, 0.2) is 24.3 Å². The molecule has 5 heteroatoms.